The first-order valence-electron chi connectivity index (χ1n) is 11.5. The largest absolute Gasteiger partial charge is 0.300 e. The summed E-state index contributed by atoms with van der Waals surface area (Å²) in [5, 5.41) is 0. The van der Waals surface area contributed by atoms with Crippen molar-refractivity contribution in [2.75, 3.05) is 13.1 Å². The van der Waals surface area contributed by atoms with Crippen molar-refractivity contribution in [3.63, 3.8) is 0 Å². The molecule has 4 nitrogen and oxygen atoms in total. The summed E-state index contributed by atoms with van der Waals surface area (Å²) in [5.74, 6) is 0. The van der Waals surface area contributed by atoms with Crippen molar-refractivity contribution < 1.29 is 8.42 Å². The molecule has 1 saturated heterocycles. The maximum atomic E-state index is 12.7. The minimum atomic E-state index is -3.44. The molecule has 0 spiro atoms. The van der Waals surface area contributed by atoms with Gasteiger partial charge in [0.05, 0.1) is 4.90 Å². The molecule has 2 aromatic rings. The molecular weight excluding hydrogens is 392 g/mol. The highest BCUT2D eigenvalue weighted by atomic mass is 32.2. The lowest BCUT2D eigenvalue weighted by molar-refractivity contribution is 0.272. The number of hydrogen-bond donors (Lipinski definition) is 1. The third-order valence-corrected chi connectivity index (χ3v) is 8.29. The predicted molar refractivity (Wildman–Crippen MR) is 123 cm³/mol. The van der Waals surface area contributed by atoms with Gasteiger partial charge in [0.1, 0.15) is 0 Å². The van der Waals surface area contributed by atoms with Gasteiger partial charge in [0.2, 0.25) is 10.0 Å². The van der Waals surface area contributed by atoms with E-state index in [4.69, 9.17) is 0 Å². The fraction of sp³-hybridized carbons (Fsp3) is 0.520. The summed E-state index contributed by atoms with van der Waals surface area (Å²) < 4.78 is 28.3. The van der Waals surface area contributed by atoms with Gasteiger partial charge in [-0.1, -0.05) is 55.7 Å². The van der Waals surface area contributed by atoms with Gasteiger partial charge in [-0.15, -0.1) is 0 Å². The lowest BCUT2D eigenvalue weighted by Gasteiger charge is -2.22. The molecule has 1 saturated carbocycles. The Labute approximate surface area is 181 Å². The molecule has 0 radical (unpaired) electrons. The average molecular weight is 427 g/mol. The zero-order valence-electron chi connectivity index (χ0n) is 18.0. The van der Waals surface area contributed by atoms with Crippen LogP contribution in [0.5, 0.6) is 0 Å². The van der Waals surface area contributed by atoms with Gasteiger partial charge < -0.3 is 4.90 Å². The zero-order valence-corrected chi connectivity index (χ0v) is 18.8. The second kappa shape index (κ2) is 9.63. The minimum Gasteiger partial charge on any atom is -0.300 e. The van der Waals surface area contributed by atoms with Crippen LogP contribution in [0.25, 0.3) is 11.1 Å². The highest BCUT2D eigenvalue weighted by Crippen LogP contribution is 2.24. The van der Waals surface area contributed by atoms with Crippen molar-refractivity contribution in [3.05, 3.63) is 54.1 Å². The second-order valence-corrected chi connectivity index (χ2v) is 10.7. The van der Waals surface area contributed by atoms with E-state index in [9.17, 15) is 8.42 Å². The third-order valence-electron chi connectivity index (χ3n) is 6.76. The van der Waals surface area contributed by atoms with Crippen LogP contribution < -0.4 is 4.72 Å². The second-order valence-electron chi connectivity index (χ2n) is 8.95. The highest BCUT2D eigenvalue weighted by Gasteiger charge is 2.22. The van der Waals surface area contributed by atoms with E-state index in [1.807, 2.05) is 12.1 Å². The molecule has 4 rings (SSSR count). The van der Waals surface area contributed by atoms with Crippen molar-refractivity contribution in [3.8, 4) is 11.1 Å². The Balaban J connectivity index is 1.37. The summed E-state index contributed by atoms with van der Waals surface area (Å²) in [6.45, 7) is 4.68. The summed E-state index contributed by atoms with van der Waals surface area (Å²) in [4.78, 5) is 2.93. The van der Waals surface area contributed by atoms with Crippen molar-refractivity contribution in [2.24, 2.45) is 0 Å². The van der Waals surface area contributed by atoms with Gasteiger partial charge in [-0.25, -0.2) is 13.1 Å². The molecule has 1 atom stereocenters. The summed E-state index contributed by atoms with van der Waals surface area (Å²) in [5.41, 5.74) is 3.53. The molecule has 2 aromatic carbocycles. The number of nitrogens with zero attached hydrogens (tertiary/aromatic N) is 1. The van der Waals surface area contributed by atoms with Crippen molar-refractivity contribution in [1.29, 1.82) is 0 Å². The van der Waals surface area contributed by atoms with E-state index < -0.39 is 10.0 Å². The highest BCUT2D eigenvalue weighted by molar-refractivity contribution is 7.89. The number of nitrogens with one attached hydrogen (secondary N) is 1. The molecule has 1 aliphatic carbocycles. The fourth-order valence-electron chi connectivity index (χ4n) is 4.80. The van der Waals surface area contributed by atoms with Crippen molar-refractivity contribution in [2.45, 2.75) is 75.3 Å². The number of rotatable bonds is 7. The monoisotopic (exact) mass is 426 g/mol. The molecule has 5 heteroatoms. The first-order chi connectivity index (χ1) is 14.5. The molecular formula is C25H34N2O2S. The summed E-state index contributed by atoms with van der Waals surface area (Å²) in [6, 6.07) is 16.8. The van der Waals surface area contributed by atoms with Crippen molar-refractivity contribution in [1.82, 2.24) is 9.62 Å². The Morgan fingerprint density at radius 1 is 0.867 bits per heavy atom. The predicted octanol–water partition coefficient (Wildman–Crippen LogP) is 4.99. The van der Waals surface area contributed by atoms with Crippen LogP contribution >= 0.6 is 0 Å². The van der Waals surface area contributed by atoms with Gasteiger partial charge in [0.25, 0.3) is 0 Å². The van der Waals surface area contributed by atoms with Gasteiger partial charge in [0, 0.05) is 18.6 Å². The molecule has 0 amide bonds. The molecule has 162 valence electrons. The van der Waals surface area contributed by atoms with E-state index in [-0.39, 0.29) is 6.04 Å². The molecule has 1 aliphatic heterocycles. The van der Waals surface area contributed by atoms with E-state index in [1.54, 1.807) is 12.1 Å². The maximum Gasteiger partial charge on any atom is 0.240 e. The number of benzene rings is 2. The van der Waals surface area contributed by atoms with Crippen LogP contribution in [0.15, 0.2) is 53.4 Å². The zero-order chi connectivity index (χ0) is 21.0. The first kappa shape index (κ1) is 21.5. The van der Waals surface area contributed by atoms with Crippen LogP contribution in [0.2, 0.25) is 0 Å². The van der Waals surface area contributed by atoms with Gasteiger partial charge in [-0.2, -0.15) is 0 Å². The number of hydrogen-bond acceptors (Lipinski definition) is 3. The Kier molecular flexibility index (Phi) is 6.91. The standard InChI is InChI=1S/C25H34N2O2S/c1-20-6-5-18-27(20)19-17-21-9-11-22(12-10-21)23-13-15-25(16-14-23)30(28,29)26-24-7-3-2-4-8-24/h9-16,20,24,26H,2-8,17-19H2,1H3/t20-/m1/s1. The van der Waals surface area contributed by atoms with Gasteiger partial charge >= 0.3 is 0 Å². The van der Waals surface area contributed by atoms with E-state index >= 15 is 0 Å². The van der Waals surface area contributed by atoms with Crippen LogP contribution in [-0.4, -0.2) is 38.5 Å². The van der Waals surface area contributed by atoms with Crippen LogP contribution in [0.3, 0.4) is 0 Å². The van der Waals surface area contributed by atoms with Crippen molar-refractivity contribution >= 4 is 10.0 Å². The average Bonchev–Trinajstić information content (AvgIpc) is 3.18. The van der Waals surface area contributed by atoms with Crippen LogP contribution in [0, 0.1) is 0 Å². The van der Waals surface area contributed by atoms with E-state index in [1.165, 1.54) is 31.4 Å². The van der Waals surface area contributed by atoms with Crippen LogP contribution in [0.1, 0.15) is 57.4 Å². The molecule has 2 fully saturated rings. The summed E-state index contributed by atoms with van der Waals surface area (Å²) in [7, 11) is -3.44. The molecule has 2 aliphatic rings. The van der Waals surface area contributed by atoms with Gasteiger partial charge in [0.15, 0.2) is 0 Å². The Bertz CT molecular complexity index is 917. The van der Waals surface area contributed by atoms with Crippen LogP contribution in [-0.2, 0) is 16.4 Å². The fourth-order valence-corrected chi connectivity index (χ4v) is 6.10. The molecule has 0 bridgehead atoms. The third kappa shape index (κ3) is 5.32. The Morgan fingerprint density at radius 2 is 1.50 bits per heavy atom. The summed E-state index contributed by atoms with van der Waals surface area (Å²) >= 11 is 0. The molecule has 1 heterocycles. The van der Waals surface area contributed by atoms with E-state index in [2.05, 4.69) is 40.8 Å². The number of likely N-dealkylation sites (tertiary alicyclic amines) is 1. The molecule has 30 heavy (non-hydrogen) atoms. The van der Waals surface area contributed by atoms with E-state index in [0.717, 1.165) is 49.8 Å². The smallest absolute Gasteiger partial charge is 0.240 e. The molecule has 1 N–H and O–H groups in total. The lowest BCUT2D eigenvalue weighted by Crippen LogP contribution is -2.36. The SMILES string of the molecule is C[C@@H]1CCCN1CCc1ccc(-c2ccc(S(=O)(=O)NC3CCCCC3)cc2)cc1. The summed E-state index contributed by atoms with van der Waals surface area (Å²) in [6.07, 6.45) is 9.04. The lowest BCUT2D eigenvalue weighted by atomic mass is 9.96. The first-order valence-corrected chi connectivity index (χ1v) is 13.0. The van der Waals surface area contributed by atoms with Gasteiger partial charge in [-0.3, -0.25) is 0 Å². The molecule has 0 unspecified atom stereocenters. The van der Waals surface area contributed by atoms with E-state index in [0.29, 0.717) is 10.9 Å². The Hall–Kier alpha value is -1.69. The minimum absolute atomic E-state index is 0.0829. The maximum absolute atomic E-state index is 12.7. The number of sulfonamides is 1. The van der Waals surface area contributed by atoms with Gasteiger partial charge in [-0.05, 0) is 74.4 Å². The Morgan fingerprint density at radius 3 is 2.10 bits per heavy atom. The topological polar surface area (TPSA) is 49.4 Å². The normalized spacial score (nSPS) is 21.2. The quantitative estimate of drug-likeness (QED) is 0.678. The van der Waals surface area contributed by atoms with Crippen LogP contribution in [0.4, 0.5) is 0 Å². The molecule has 0 aromatic heterocycles.